The SMILES string of the molecule is CC(CP(=O)(CC(C)c1ccc(Cl)cc1)CC(C)c1ccc(Cl)cc1)c1ccc(Cl)cc1. The van der Waals surface area contributed by atoms with Crippen LogP contribution in [0.5, 0.6) is 0 Å². The Morgan fingerprint density at radius 3 is 0.969 bits per heavy atom. The lowest BCUT2D eigenvalue weighted by atomic mass is 10.0. The molecule has 0 aromatic heterocycles. The Bertz CT molecular complexity index is 909. The molecule has 0 N–H and O–H groups in total. The highest BCUT2D eigenvalue weighted by Gasteiger charge is 2.30. The predicted molar refractivity (Wildman–Crippen MR) is 142 cm³/mol. The molecule has 3 aromatic rings. The minimum Gasteiger partial charge on any atom is -0.323 e. The minimum absolute atomic E-state index is 0.188. The van der Waals surface area contributed by atoms with Crippen LogP contribution in [-0.4, -0.2) is 18.5 Å². The third-order valence-electron chi connectivity index (χ3n) is 6.14. The van der Waals surface area contributed by atoms with Gasteiger partial charge < -0.3 is 4.57 Å². The van der Waals surface area contributed by atoms with Crippen LogP contribution in [0.4, 0.5) is 0 Å². The average Bonchev–Trinajstić information content (AvgIpc) is 2.74. The molecular formula is C27H30Cl3OP. The topological polar surface area (TPSA) is 17.1 Å². The summed E-state index contributed by atoms with van der Waals surface area (Å²) in [7, 11) is -2.52. The van der Waals surface area contributed by atoms with E-state index in [-0.39, 0.29) is 17.8 Å². The van der Waals surface area contributed by atoms with Crippen molar-refractivity contribution in [3.8, 4) is 0 Å². The zero-order valence-electron chi connectivity index (χ0n) is 18.8. The molecule has 3 unspecified atom stereocenters. The lowest BCUT2D eigenvalue weighted by Crippen LogP contribution is -2.14. The van der Waals surface area contributed by atoms with Gasteiger partial charge in [0.15, 0.2) is 0 Å². The second-order valence-electron chi connectivity index (χ2n) is 8.96. The van der Waals surface area contributed by atoms with E-state index in [1.807, 2.05) is 72.8 Å². The Morgan fingerprint density at radius 2 is 0.750 bits per heavy atom. The van der Waals surface area contributed by atoms with Crippen molar-refractivity contribution in [2.75, 3.05) is 18.5 Å². The van der Waals surface area contributed by atoms with Crippen molar-refractivity contribution < 1.29 is 4.57 Å². The van der Waals surface area contributed by atoms with Gasteiger partial charge in [-0.3, -0.25) is 0 Å². The van der Waals surface area contributed by atoms with Crippen LogP contribution in [0.1, 0.15) is 55.2 Å². The second kappa shape index (κ2) is 11.3. The van der Waals surface area contributed by atoms with Crippen molar-refractivity contribution in [2.24, 2.45) is 0 Å². The number of halogens is 3. The summed E-state index contributed by atoms with van der Waals surface area (Å²) in [6.45, 7) is 6.49. The van der Waals surface area contributed by atoms with Crippen molar-refractivity contribution >= 4 is 41.9 Å². The molecule has 0 aliphatic rings. The summed E-state index contributed by atoms with van der Waals surface area (Å²) in [6, 6.07) is 23.7. The molecule has 5 heteroatoms. The molecule has 1 nitrogen and oxygen atoms in total. The monoisotopic (exact) mass is 506 g/mol. The Morgan fingerprint density at radius 1 is 0.531 bits per heavy atom. The molecule has 0 aliphatic carbocycles. The largest absolute Gasteiger partial charge is 0.323 e. The van der Waals surface area contributed by atoms with Crippen LogP contribution in [-0.2, 0) is 4.57 Å². The Balaban J connectivity index is 1.84. The van der Waals surface area contributed by atoms with E-state index in [2.05, 4.69) is 20.8 Å². The molecule has 32 heavy (non-hydrogen) atoms. The smallest absolute Gasteiger partial charge is 0.0895 e. The third-order valence-corrected chi connectivity index (χ3v) is 10.5. The lowest BCUT2D eigenvalue weighted by Gasteiger charge is -2.28. The maximum atomic E-state index is 14.5. The van der Waals surface area contributed by atoms with Gasteiger partial charge in [0.1, 0.15) is 0 Å². The first-order chi connectivity index (χ1) is 15.1. The number of hydrogen-bond acceptors (Lipinski definition) is 1. The Kier molecular flexibility index (Phi) is 8.93. The molecule has 3 atom stereocenters. The van der Waals surface area contributed by atoms with E-state index < -0.39 is 7.14 Å². The van der Waals surface area contributed by atoms with Crippen LogP contribution in [0, 0.1) is 0 Å². The maximum Gasteiger partial charge on any atom is 0.0895 e. The molecule has 0 amide bonds. The molecule has 0 bridgehead atoms. The van der Waals surface area contributed by atoms with Gasteiger partial charge in [0.05, 0.1) is 7.14 Å². The van der Waals surface area contributed by atoms with Gasteiger partial charge >= 0.3 is 0 Å². The summed E-state index contributed by atoms with van der Waals surface area (Å²) in [5.41, 5.74) is 3.52. The third kappa shape index (κ3) is 7.13. The molecule has 3 aromatic carbocycles. The van der Waals surface area contributed by atoms with E-state index in [0.717, 1.165) is 15.1 Å². The molecule has 170 valence electrons. The summed E-state index contributed by atoms with van der Waals surface area (Å²) in [5.74, 6) is 0.564. The van der Waals surface area contributed by atoms with Crippen molar-refractivity contribution in [1.29, 1.82) is 0 Å². The fourth-order valence-electron chi connectivity index (χ4n) is 4.41. The summed E-state index contributed by atoms with van der Waals surface area (Å²) in [4.78, 5) is 0. The molecule has 0 aliphatic heterocycles. The van der Waals surface area contributed by atoms with E-state index in [4.69, 9.17) is 34.8 Å². The quantitative estimate of drug-likeness (QED) is 0.263. The molecule has 3 rings (SSSR count). The zero-order chi connectivity index (χ0) is 23.3. The van der Waals surface area contributed by atoms with Gasteiger partial charge in [-0.05, 0) is 70.8 Å². The van der Waals surface area contributed by atoms with E-state index >= 15 is 0 Å². The second-order valence-corrected chi connectivity index (χ2v) is 13.5. The number of benzene rings is 3. The lowest BCUT2D eigenvalue weighted by molar-refractivity contribution is 0.562. The van der Waals surface area contributed by atoms with Crippen molar-refractivity contribution in [2.45, 2.75) is 38.5 Å². The molecule has 0 radical (unpaired) electrons. The normalized spacial score (nSPS) is 16.2. The van der Waals surface area contributed by atoms with E-state index in [0.29, 0.717) is 18.5 Å². The first kappa shape index (κ1) is 25.4. The van der Waals surface area contributed by atoms with Gasteiger partial charge in [0.2, 0.25) is 0 Å². The van der Waals surface area contributed by atoms with Gasteiger partial charge in [-0.15, -0.1) is 0 Å². The fourth-order valence-corrected chi connectivity index (χ4v) is 8.86. The van der Waals surface area contributed by atoms with Gasteiger partial charge in [-0.25, -0.2) is 0 Å². The average molecular weight is 508 g/mol. The number of hydrogen-bond donors (Lipinski definition) is 0. The molecule has 0 spiro atoms. The fraction of sp³-hybridized carbons (Fsp3) is 0.333. The highest BCUT2D eigenvalue weighted by atomic mass is 35.5. The van der Waals surface area contributed by atoms with Crippen LogP contribution in [0.25, 0.3) is 0 Å². The van der Waals surface area contributed by atoms with Crippen LogP contribution in [0.3, 0.4) is 0 Å². The van der Waals surface area contributed by atoms with Gasteiger partial charge in [-0.1, -0.05) is 92.0 Å². The van der Waals surface area contributed by atoms with Crippen LogP contribution < -0.4 is 0 Å². The zero-order valence-corrected chi connectivity index (χ0v) is 21.9. The first-order valence-electron chi connectivity index (χ1n) is 11.0. The molecular weight excluding hydrogens is 478 g/mol. The van der Waals surface area contributed by atoms with Crippen LogP contribution in [0.15, 0.2) is 72.8 Å². The van der Waals surface area contributed by atoms with Crippen molar-refractivity contribution in [1.82, 2.24) is 0 Å². The van der Waals surface area contributed by atoms with E-state index in [1.54, 1.807) is 0 Å². The van der Waals surface area contributed by atoms with Gasteiger partial charge in [0, 0.05) is 33.6 Å². The number of rotatable bonds is 9. The Hall–Kier alpha value is -1.24. The first-order valence-corrected chi connectivity index (χ1v) is 14.4. The van der Waals surface area contributed by atoms with Crippen LogP contribution in [0.2, 0.25) is 15.1 Å². The summed E-state index contributed by atoms with van der Waals surface area (Å²) in [6.07, 6.45) is 2.01. The Labute approximate surface area is 207 Å². The van der Waals surface area contributed by atoms with E-state index in [1.165, 1.54) is 16.7 Å². The summed E-state index contributed by atoms with van der Waals surface area (Å²) < 4.78 is 14.5. The predicted octanol–water partition coefficient (Wildman–Crippen LogP) is 9.72. The highest BCUT2D eigenvalue weighted by molar-refractivity contribution is 7.64. The highest BCUT2D eigenvalue weighted by Crippen LogP contribution is 2.54. The standard InChI is InChI=1S/C27H30Cl3OP/c1-19(22-4-10-25(28)11-5-22)16-32(31,17-20(2)23-6-12-26(29)13-7-23)18-21(3)24-8-14-27(30)15-9-24/h4-15,19-21H,16-18H2,1-3H3. The van der Waals surface area contributed by atoms with Gasteiger partial charge in [-0.2, -0.15) is 0 Å². The maximum absolute atomic E-state index is 14.5. The molecule has 0 saturated carbocycles. The molecule has 0 fully saturated rings. The van der Waals surface area contributed by atoms with Crippen LogP contribution >= 0.6 is 41.9 Å². The summed E-state index contributed by atoms with van der Waals surface area (Å²) in [5, 5.41) is 2.16. The van der Waals surface area contributed by atoms with E-state index in [9.17, 15) is 4.57 Å². The minimum atomic E-state index is -2.52. The van der Waals surface area contributed by atoms with Crippen molar-refractivity contribution in [3.63, 3.8) is 0 Å². The van der Waals surface area contributed by atoms with Gasteiger partial charge in [0.25, 0.3) is 0 Å². The molecule has 0 saturated heterocycles. The van der Waals surface area contributed by atoms with Crippen molar-refractivity contribution in [3.05, 3.63) is 105 Å². The summed E-state index contributed by atoms with van der Waals surface area (Å²) >= 11 is 18.2. The molecule has 0 heterocycles.